The van der Waals surface area contributed by atoms with Gasteiger partial charge < -0.3 is 5.84 Å². The molecule has 0 bridgehead atoms. The van der Waals surface area contributed by atoms with Crippen LogP contribution in [0.4, 0.5) is 0 Å². The number of thiophene rings is 1. The van der Waals surface area contributed by atoms with Crippen LogP contribution in [0.3, 0.4) is 0 Å². The smallest absolute Gasteiger partial charge is 0.272 e. The molecule has 0 fully saturated rings. The monoisotopic (exact) mass is 266 g/mol. The molecule has 90 valence electrons. The number of thiol groups is 1. The summed E-state index contributed by atoms with van der Waals surface area (Å²) in [6.45, 7) is 3.81. The lowest BCUT2D eigenvalue weighted by atomic mass is 10.1. The van der Waals surface area contributed by atoms with Gasteiger partial charge in [0.1, 0.15) is 0 Å². The standard InChI is InChI=1S/C12H14N2OS2/c1-3-8-6-9(7(2)14(13)12(8)15)10-4-5-11(16)17-10/h4-6,16H,3,13H2,1-2H3. The predicted octanol–water partition coefficient (Wildman–Crippen LogP) is 2.45. The van der Waals surface area contributed by atoms with Crippen molar-refractivity contribution in [1.29, 1.82) is 0 Å². The third kappa shape index (κ3) is 2.12. The van der Waals surface area contributed by atoms with Crippen molar-refractivity contribution in [1.82, 2.24) is 4.68 Å². The molecule has 2 rings (SSSR count). The molecule has 2 heterocycles. The summed E-state index contributed by atoms with van der Waals surface area (Å²) in [5.74, 6) is 5.79. The zero-order valence-corrected chi connectivity index (χ0v) is 11.4. The number of aromatic nitrogens is 1. The van der Waals surface area contributed by atoms with Crippen molar-refractivity contribution in [3.05, 3.63) is 39.8 Å². The summed E-state index contributed by atoms with van der Waals surface area (Å²) in [6.07, 6.45) is 0.683. The van der Waals surface area contributed by atoms with Crippen LogP contribution in [0.25, 0.3) is 10.4 Å². The van der Waals surface area contributed by atoms with Gasteiger partial charge in [-0.25, -0.2) is 4.68 Å². The van der Waals surface area contributed by atoms with Crippen molar-refractivity contribution in [3.8, 4) is 10.4 Å². The molecule has 0 aliphatic rings. The van der Waals surface area contributed by atoms with Crippen LogP contribution in [0.15, 0.2) is 27.2 Å². The minimum absolute atomic E-state index is 0.114. The first kappa shape index (κ1) is 12.3. The first-order valence-electron chi connectivity index (χ1n) is 5.34. The molecule has 17 heavy (non-hydrogen) atoms. The van der Waals surface area contributed by atoms with Crippen LogP contribution >= 0.6 is 24.0 Å². The van der Waals surface area contributed by atoms with Crippen molar-refractivity contribution in [2.24, 2.45) is 0 Å². The molecule has 0 radical (unpaired) electrons. The van der Waals surface area contributed by atoms with Gasteiger partial charge in [-0.2, -0.15) is 0 Å². The normalized spacial score (nSPS) is 10.8. The molecule has 0 aliphatic carbocycles. The highest BCUT2D eigenvalue weighted by molar-refractivity contribution is 7.83. The van der Waals surface area contributed by atoms with Crippen LogP contribution in [0.2, 0.25) is 0 Å². The first-order valence-corrected chi connectivity index (χ1v) is 6.60. The highest BCUT2D eigenvalue weighted by Gasteiger charge is 2.11. The zero-order valence-electron chi connectivity index (χ0n) is 9.73. The second-order valence-electron chi connectivity index (χ2n) is 3.84. The van der Waals surface area contributed by atoms with E-state index in [-0.39, 0.29) is 5.56 Å². The molecule has 0 amide bonds. The Morgan fingerprint density at radius 1 is 1.47 bits per heavy atom. The van der Waals surface area contributed by atoms with E-state index in [0.29, 0.717) is 6.42 Å². The average Bonchev–Trinajstić information content (AvgIpc) is 2.73. The highest BCUT2D eigenvalue weighted by Crippen LogP contribution is 2.31. The number of rotatable bonds is 2. The Balaban J connectivity index is 2.70. The molecule has 3 nitrogen and oxygen atoms in total. The zero-order chi connectivity index (χ0) is 12.6. The molecule has 0 saturated carbocycles. The van der Waals surface area contributed by atoms with E-state index < -0.39 is 0 Å². The number of nitrogens with two attached hydrogens (primary N) is 1. The number of hydrogen-bond donors (Lipinski definition) is 2. The Kier molecular flexibility index (Phi) is 3.31. The van der Waals surface area contributed by atoms with Gasteiger partial charge in [0.25, 0.3) is 5.56 Å². The SMILES string of the molecule is CCc1cc(-c2ccc(S)s2)c(C)n(N)c1=O. The van der Waals surface area contributed by atoms with Gasteiger partial charge in [-0.05, 0) is 31.5 Å². The Morgan fingerprint density at radius 3 is 2.71 bits per heavy atom. The molecule has 2 N–H and O–H groups in total. The molecule has 0 atom stereocenters. The maximum absolute atomic E-state index is 11.8. The lowest BCUT2D eigenvalue weighted by molar-refractivity contribution is 0.860. The van der Waals surface area contributed by atoms with E-state index in [1.807, 2.05) is 32.0 Å². The molecule has 0 aliphatic heterocycles. The maximum atomic E-state index is 11.8. The molecule has 2 aromatic rings. The van der Waals surface area contributed by atoms with Crippen LogP contribution in [-0.4, -0.2) is 4.68 Å². The van der Waals surface area contributed by atoms with Crippen LogP contribution < -0.4 is 11.4 Å². The largest absolute Gasteiger partial charge is 0.336 e. The minimum Gasteiger partial charge on any atom is -0.336 e. The van der Waals surface area contributed by atoms with Crippen molar-refractivity contribution >= 4 is 24.0 Å². The third-order valence-corrected chi connectivity index (χ3v) is 4.15. The lowest BCUT2D eigenvalue weighted by Gasteiger charge is -2.11. The quantitative estimate of drug-likeness (QED) is 0.648. The molecule has 0 aromatic carbocycles. The summed E-state index contributed by atoms with van der Waals surface area (Å²) in [5.41, 5.74) is 2.41. The number of aryl methyl sites for hydroxylation is 1. The van der Waals surface area contributed by atoms with E-state index in [2.05, 4.69) is 12.6 Å². The third-order valence-electron chi connectivity index (χ3n) is 2.80. The molecule has 0 unspecified atom stereocenters. The Bertz CT molecular complexity index is 613. The van der Waals surface area contributed by atoms with Crippen LogP contribution in [0, 0.1) is 6.92 Å². The van der Waals surface area contributed by atoms with Gasteiger partial charge in [-0.15, -0.1) is 24.0 Å². The van der Waals surface area contributed by atoms with Crippen LogP contribution in [-0.2, 0) is 6.42 Å². The van der Waals surface area contributed by atoms with E-state index in [4.69, 9.17) is 5.84 Å². The van der Waals surface area contributed by atoms with Gasteiger partial charge in [0.15, 0.2) is 0 Å². The number of nitrogens with zero attached hydrogens (tertiary/aromatic N) is 1. The van der Waals surface area contributed by atoms with E-state index >= 15 is 0 Å². The fraction of sp³-hybridized carbons (Fsp3) is 0.250. The summed E-state index contributed by atoms with van der Waals surface area (Å²) in [5, 5.41) is 0. The summed E-state index contributed by atoms with van der Waals surface area (Å²) < 4.78 is 2.18. The summed E-state index contributed by atoms with van der Waals surface area (Å²) in [7, 11) is 0. The Hall–Kier alpha value is -1.20. The van der Waals surface area contributed by atoms with Crippen molar-refractivity contribution in [2.75, 3.05) is 5.84 Å². The second kappa shape index (κ2) is 4.58. The molecular formula is C12H14N2OS2. The van der Waals surface area contributed by atoms with Gasteiger partial charge in [-0.1, -0.05) is 6.92 Å². The number of hydrogen-bond acceptors (Lipinski definition) is 4. The molecule has 2 aromatic heterocycles. The van der Waals surface area contributed by atoms with Crippen LogP contribution in [0.5, 0.6) is 0 Å². The van der Waals surface area contributed by atoms with Crippen molar-refractivity contribution in [3.63, 3.8) is 0 Å². The van der Waals surface area contributed by atoms with Gasteiger partial charge >= 0.3 is 0 Å². The minimum atomic E-state index is -0.114. The van der Waals surface area contributed by atoms with E-state index in [9.17, 15) is 4.79 Å². The van der Waals surface area contributed by atoms with Gasteiger partial charge in [0, 0.05) is 21.7 Å². The summed E-state index contributed by atoms with van der Waals surface area (Å²) >= 11 is 5.89. The van der Waals surface area contributed by atoms with E-state index in [0.717, 1.165) is 25.9 Å². The van der Waals surface area contributed by atoms with Gasteiger partial charge in [0.05, 0.1) is 4.21 Å². The Labute approximate surface area is 109 Å². The molecular weight excluding hydrogens is 252 g/mol. The second-order valence-corrected chi connectivity index (χ2v) is 5.70. The number of pyridine rings is 1. The molecule has 0 saturated heterocycles. The number of nitrogen functional groups attached to an aromatic ring is 1. The van der Waals surface area contributed by atoms with E-state index in [1.165, 1.54) is 4.68 Å². The van der Waals surface area contributed by atoms with Crippen molar-refractivity contribution < 1.29 is 0 Å². The lowest BCUT2D eigenvalue weighted by Crippen LogP contribution is -2.31. The fourth-order valence-electron chi connectivity index (χ4n) is 1.75. The highest BCUT2D eigenvalue weighted by atomic mass is 32.2. The fourth-order valence-corrected chi connectivity index (χ4v) is 2.94. The molecule has 0 spiro atoms. The van der Waals surface area contributed by atoms with E-state index in [1.54, 1.807) is 11.3 Å². The topological polar surface area (TPSA) is 48.0 Å². The van der Waals surface area contributed by atoms with Gasteiger partial charge in [0.2, 0.25) is 0 Å². The maximum Gasteiger partial charge on any atom is 0.272 e. The first-order chi connectivity index (χ1) is 8.04. The van der Waals surface area contributed by atoms with Crippen LogP contribution in [0.1, 0.15) is 18.2 Å². The van der Waals surface area contributed by atoms with Crippen molar-refractivity contribution in [2.45, 2.75) is 24.5 Å². The molecule has 5 heteroatoms. The van der Waals surface area contributed by atoms with Gasteiger partial charge in [-0.3, -0.25) is 4.79 Å². The predicted molar refractivity (Wildman–Crippen MR) is 75.5 cm³/mol. The Morgan fingerprint density at radius 2 is 2.18 bits per heavy atom. The summed E-state index contributed by atoms with van der Waals surface area (Å²) in [4.78, 5) is 12.9. The summed E-state index contributed by atoms with van der Waals surface area (Å²) in [6, 6.07) is 5.87. The average molecular weight is 266 g/mol.